The predicted octanol–water partition coefficient (Wildman–Crippen LogP) is 4.68. The fraction of sp³-hybridized carbons (Fsp3) is 0.280. The second-order valence-electron chi connectivity index (χ2n) is 7.41. The van der Waals surface area contributed by atoms with E-state index in [-0.39, 0.29) is 11.8 Å². The van der Waals surface area contributed by atoms with Crippen LogP contribution in [0.25, 0.3) is 10.9 Å². The number of fused-ring (bicyclic) bond motifs is 1. The van der Waals surface area contributed by atoms with E-state index >= 15 is 0 Å². The number of aryl methyl sites for hydroxylation is 1. The Bertz CT molecular complexity index is 1220. The van der Waals surface area contributed by atoms with Crippen molar-refractivity contribution in [2.75, 3.05) is 12.4 Å². The Hall–Kier alpha value is -3.70. The van der Waals surface area contributed by atoms with E-state index in [9.17, 15) is 10.1 Å². The van der Waals surface area contributed by atoms with Crippen molar-refractivity contribution in [1.82, 2.24) is 4.57 Å². The molecular weight excluding hydrogens is 374 g/mol. The van der Waals surface area contributed by atoms with E-state index in [1.807, 2.05) is 54.0 Å². The Kier molecular flexibility index (Phi) is 5.46. The fourth-order valence-electron chi connectivity index (χ4n) is 3.75. The fourth-order valence-corrected chi connectivity index (χ4v) is 3.75. The highest BCUT2D eigenvalue weighted by atomic mass is 16.5. The van der Waals surface area contributed by atoms with Crippen LogP contribution in [0.5, 0.6) is 5.75 Å². The van der Waals surface area contributed by atoms with Crippen molar-refractivity contribution in [3.63, 3.8) is 0 Å². The van der Waals surface area contributed by atoms with Crippen LogP contribution in [0.3, 0.4) is 0 Å². The maximum atomic E-state index is 12.2. The number of hydrogen-bond donors (Lipinski definition) is 1. The largest absolute Gasteiger partial charge is 0.497 e. The van der Waals surface area contributed by atoms with Crippen LogP contribution in [-0.2, 0) is 11.3 Å². The summed E-state index contributed by atoms with van der Waals surface area (Å²) in [5.41, 5.74) is 3.72. The second kappa shape index (κ2) is 8.35. The zero-order chi connectivity index (χ0) is 21.1. The number of carbonyl (C=O) groups is 1. The lowest BCUT2D eigenvalue weighted by molar-refractivity contribution is -0.122. The van der Waals surface area contributed by atoms with Gasteiger partial charge < -0.3 is 14.6 Å². The van der Waals surface area contributed by atoms with E-state index in [0.29, 0.717) is 17.8 Å². The van der Waals surface area contributed by atoms with Gasteiger partial charge in [-0.05, 0) is 56.0 Å². The molecule has 1 saturated carbocycles. The molecule has 0 aliphatic heterocycles. The average Bonchev–Trinajstić information content (AvgIpc) is 3.02. The number of amides is 1. The molecule has 1 heterocycles. The second-order valence-corrected chi connectivity index (χ2v) is 7.41. The molecule has 3 aromatic rings. The molecule has 5 heteroatoms. The summed E-state index contributed by atoms with van der Waals surface area (Å²) in [4.78, 5) is 12.2. The number of anilines is 1. The van der Waals surface area contributed by atoms with Crippen LogP contribution in [0, 0.1) is 29.1 Å². The Morgan fingerprint density at radius 2 is 2.07 bits per heavy atom. The van der Waals surface area contributed by atoms with Crippen LogP contribution in [0.2, 0.25) is 0 Å². The number of nitrogens with one attached hydrogen (secondary N) is 1. The van der Waals surface area contributed by atoms with E-state index in [1.165, 1.54) is 0 Å². The molecule has 150 valence electrons. The summed E-state index contributed by atoms with van der Waals surface area (Å²) < 4.78 is 7.37. The van der Waals surface area contributed by atoms with Gasteiger partial charge in [-0.3, -0.25) is 4.79 Å². The Labute approximate surface area is 176 Å². The molecule has 0 radical (unpaired) electrons. The van der Waals surface area contributed by atoms with Crippen molar-refractivity contribution in [1.29, 1.82) is 5.26 Å². The summed E-state index contributed by atoms with van der Waals surface area (Å²) in [7, 11) is 1.63. The number of carbonyl (C=O) groups excluding carboxylic acids is 1. The smallest absolute Gasteiger partial charge is 0.227 e. The standard InChI is InChI=1S/C25H23N3O2/c1-3-28-23(22(16-26)21-12-11-20(30-2)15-24(21)28)13-10-17-6-4-9-19(14-17)27-25(29)18-7-5-8-18/h4,6,9,11-12,14-15,18H,3,5,7-8H2,1-2H3,(H,27,29). The third-order valence-corrected chi connectivity index (χ3v) is 5.63. The maximum Gasteiger partial charge on any atom is 0.227 e. The SMILES string of the molecule is CCn1c(C#Cc2cccc(NC(=O)C3CCC3)c2)c(C#N)c2ccc(OC)cc21. The van der Waals surface area contributed by atoms with Crippen molar-refractivity contribution in [3.8, 4) is 23.7 Å². The van der Waals surface area contributed by atoms with Crippen molar-refractivity contribution in [3.05, 3.63) is 59.3 Å². The molecule has 1 aliphatic rings. The number of rotatable bonds is 4. The molecule has 1 amide bonds. The van der Waals surface area contributed by atoms with Gasteiger partial charge in [-0.2, -0.15) is 5.26 Å². The molecule has 4 rings (SSSR count). The van der Waals surface area contributed by atoms with Gasteiger partial charge in [-0.1, -0.05) is 18.4 Å². The minimum atomic E-state index is 0.0817. The van der Waals surface area contributed by atoms with Crippen molar-refractivity contribution in [2.45, 2.75) is 32.7 Å². The van der Waals surface area contributed by atoms with Crippen molar-refractivity contribution in [2.24, 2.45) is 5.92 Å². The minimum Gasteiger partial charge on any atom is -0.497 e. The minimum absolute atomic E-state index is 0.0817. The van der Waals surface area contributed by atoms with Gasteiger partial charge in [-0.15, -0.1) is 0 Å². The molecule has 0 saturated heterocycles. The molecule has 0 bridgehead atoms. The maximum absolute atomic E-state index is 12.2. The summed E-state index contributed by atoms with van der Waals surface area (Å²) in [6.45, 7) is 2.72. The van der Waals surface area contributed by atoms with Crippen LogP contribution >= 0.6 is 0 Å². The summed E-state index contributed by atoms with van der Waals surface area (Å²) in [5, 5.41) is 13.6. The number of hydrogen-bond acceptors (Lipinski definition) is 3. The zero-order valence-corrected chi connectivity index (χ0v) is 17.2. The summed E-state index contributed by atoms with van der Waals surface area (Å²) >= 11 is 0. The lowest BCUT2D eigenvalue weighted by atomic mass is 9.85. The Morgan fingerprint density at radius 3 is 2.73 bits per heavy atom. The molecule has 1 aromatic heterocycles. The molecule has 0 unspecified atom stereocenters. The van der Waals surface area contributed by atoms with E-state index < -0.39 is 0 Å². The van der Waals surface area contributed by atoms with Crippen molar-refractivity contribution < 1.29 is 9.53 Å². The molecule has 30 heavy (non-hydrogen) atoms. The van der Waals surface area contributed by atoms with E-state index in [2.05, 4.69) is 23.2 Å². The topological polar surface area (TPSA) is 67.0 Å². The van der Waals surface area contributed by atoms with Gasteiger partial charge in [-0.25, -0.2) is 0 Å². The first-order valence-electron chi connectivity index (χ1n) is 10.2. The van der Waals surface area contributed by atoms with Gasteiger partial charge in [0, 0.05) is 35.2 Å². The lowest BCUT2D eigenvalue weighted by Gasteiger charge is -2.24. The molecule has 0 atom stereocenters. The van der Waals surface area contributed by atoms with Crippen LogP contribution in [0.1, 0.15) is 43.0 Å². The molecule has 0 spiro atoms. The molecule has 5 nitrogen and oxygen atoms in total. The quantitative estimate of drug-likeness (QED) is 0.650. The number of ether oxygens (including phenoxy) is 1. The number of aromatic nitrogens is 1. The Morgan fingerprint density at radius 1 is 1.23 bits per heavy atom. The van der Waals surface area contributed by atoms with Gasteiger partial charge in [0.15, 0.2) is 0 Å². The highest BCUT2D eigenvalue weighted by Gasteiger charge is 2.25. The monoisotopic (exact) mass is 397 g/mol. The Balaban J connectivity index is 1.69. The first-order valence-corrected chi connectivity index (χ1v) is 10.2. The number of methoxy groups -OCH3 is 1. The molecule has 1 N–H and O–H groups in total. The average molecular weight is 397 g/mol. The van der Waals surface area contributed by atoms with E-state index in [1.54, 1.807) is 7.11 Å². The summed E-state index contributed by atoms with van der Waals surface area (Å²) in [5.74, 6) is 7.32. The highest BCUT2D eigenvalue weighted by molar-refractivity contribution is 5.93. The number of nitriles is 1. The van der Waals surface area contributed by atoms with Gasteiger partial charge in [0.05, 0.1) is 18.2 Å². The van der Waals surface area contributed by atoms with Gasteiger partial charge in [0.1, 0.15) is 17.5 Å². The molecular formula is C25H23N3O2. The zero-order valence-electron chi connectivity index (χ0n) is 17.2. The van der Waals surface area contributed by atoms with Gasteiger partial charge in [0.2, 0.25) is 5.91 Å². The van der Waals surface area contributed by atoms with Gasteiger partial charge >= 0.3 is 0 Å². The molecule has 1 fully saturated rings. The third-order valence-electron chi connectivity index (χ3n) is 5.63. The molecule has 2 aromatic carbocycles. The van der Waals surface area contributed by atoms with Crippen LogP contribution < -0.4 is 10.1 Å². The number of nitrogens with zero attached hydrogens (tertiary/aromatic N) is 2. The number of benzene rings is 2. The van der Waals surface area contributed by atoms with Crippen molar-refractivity contribution >= 4 is 22.5 Å². The first kappa shape index (κ1) is 19.6. The van der Waals surface area contributed by atoms with Gasteiger partial charge in [0.25, 0.3) is 0 Å². The van der Waals surface area contributed by atoms with Crippen LogP contribution in [-0.4, -0.2) is 17.6 Å². The molecule has 1 aliphatic carbocycles. The third kappa shape index (κ3) is 3.63. The lowest BCUT2D eigenvalue weighted by Crippen LogP contribution is -2.28. The highest BCUT2D eigenvalue weighted by Crippen LogP contribution is 2.29. The summed E-state index contributed by atoms with van der Waals surface area (Å²) in [6, 6.07) is 15.5. The normalized spacial score (nSPS) is 13.1. The van der Waals surface area contributed by atoms with E-state index in [4.69, 9.17) is 4.74 Å². The van der Waals surface area contributed by atoms with E-state index in [0.717, 1.165) is 47.2 Å². The van der Waals surface area contributed by atoms with Crippen LogP contribution in [0.4, 0.5) is 5.69 Å². The predicted molar refractivity (Wildman–Crippen MR) is 117 cm³/mol. The first-order chi connectivity index (χ1) is 14.6. The van der Waals surface area contributed by atoms with Crippen LogP contribution in [0.15, 0.2) is 42.5 Å². The summed E-state index contributed by atoms with van der Waals surface area (Å²) in [6.07, 6.45) is 3.06.